The molecule has 1 atom stereocenters. The summed E-state index contributed by atoms with van der Waals surface area (Å²) in [5, 5.41) is 0. The molecule has 1 aromatic rings. The monoisotopic (exact) mass is 378 g/mol. The molecule has 0 saturated heterocycles. The number of pyridine rings is 1. The van der Waals surface area contributed by atoms with E-state index in [1.165, 1.54) is 0 Å². The zero-order valence-corrected chi connectivity index (χ0v) is 13.7. The quantitative estimate of drug-likeness (QED) is 0.647. The van der Waals surface area contributed by atoms with Crippen molar-refractivity contribution >= 4 is 37.8 Å². The number of carbonyl (C=O) groups excluding carboxylic acids is 1. The van der Waals surface area contributed by atoms with E-state index in [9.17, 15) is 4.79 Å². The Bertz CT molecular complexity index is 444. The van der Waals surface area contributed by atoms with Crippen LogP contribution in [-0.2, 0) is 16.0 Å². The Labute approximate surface area is 124 Å². The molecule has 0 aliphatic heterocycles. The maximum Gasteiger partial charge on any atom is 0.323 e. The van der Waals surface area contributed by atoms with Gasteiger partial charge in [-0.2, -0.15) is 0 Å². The number of ether oxygens (including phenoxy) is 1. The molecule has 0 amide bonds. The smallest absolute Gasteiger partial charge is 0.323 e. The van der Waals surface area contributed by atoms with Gasteiger partial charge in [-0.05, 0) is 70.7 Å². The maximum atomic E-state index is 11.8. The normalized spacial score (nSPS) is 13.2. The molecule has 0 bridgehead atoms. The Kier molecular flexibility index (Phi) is 5.31. The van der Waals surface area contributed by atoms with E-state index < -0.39 is 17.6 Å². The molecule has 1 rings (SSSR count). The minimum atomic E-state index is -0.685. The SMILES string of the molecule is CC(C)(C)OC(=O)C(N)Cc1ccnc(Br)c1Br. The fourth-order valence-electron chi connectivity index (χ4n) is 1.31. The molecule has 4 nitrogen and oxygen atoms in total. The molecule has 0 aromatic carbocycles. The second-order valence-corrected chi connectivity index (χ2v) is 6.46. The third-order valence-electron chi connectivity index (χ3n) is 2.08. The second kappa shape index (κ2) is 6.12. The first-order chi connectivity index (χ1) is 8.20. The number of esters is 1. The lowest BCUT2D eigenvalue weighted by atomic mass is 10.1. The molecule has 0 saturated carbocycles. The first-order valence-electron chi connectivity index (χ1n) is 5.48. The summed E-state index contributed by atoms with van der Waals surface area (Å²) in [6.07, 6.45) is 2.06. The molecule has 0 spiro atoms. The number of carbonyl (C=O) groups is 1. The minimum Gasteiger partial charge on any atom is -0.459 e. The van der Waals surface area contributed by atoms with Gasteiger partial charge in [-0.25, -0.2) is 4.98 Å². The molecule has 1 aromatic heterocycles. The van der Waals surface area contributed by atoms with Gasteiger partial charge >= 0.3 is 5.97 Å². The highest BCUT2D eigenvalue weighted by molar-refractivity contribution is 9.13. The predicted molar refractivity (Wildman–Crippen MR) is 77.2 cm³/mol. The lowest BCUT2D eigenvalue weighted by molar-refractivity contribution is -0.156. The Morgan fingerprint density at radius 1 is 1.50 bits per heavy atom. The lowest BCUT2D eigenvalue weighted by Crippen LogP contribution is -2.38. The average Bonchev–Trinajstić information content (AvgIpc) is 2.22. The summed E-state index contributed by atoms with van der Waals surface area (Å²) in [6, 6.07) is 1.13. The summed E-state index contributed by atoms with van der Waals surface area (Å²) in [6.45, 7) is 5.45. The third kappa shape index (κ3) is 4.66. The van der Waals surface area contributed by atoms with Crippen molar-refractivity contribution in [2.75, 3.05) is 0 Å². The van der Waals surface area contributed by atoms with Crippen molar-refractivity contribution in [2.45, 2.75) is 38.8 Å². The summed E-state index contributed by atoms with van der Waals surface area (Å²) >= 11 is 6.71. The molecule has 0 aliphatic rings. The van der Waals surface area contributed by atoms with Crippen LogP contribution in [0.5, 0.6) is 0 Å². The zero-order valence-electron chi connectivity index (χ0n) is 10.5. The molecule has 1 unspecified atom stereocenters. The highest BCUT2D eigenvalue weighted by atomic mass is 79.9. The standard InChI is InChI=1S/C12H16Br2N2O2/c1-12(2,3)18-11(17)8(15)6-7-4-5-16-10(14)9(7)13/h4-5,8H,6,15H2,1-3H3. The molecular weight excluding hydrogens is 364 g/mol. The summed E-state index contributed by atoms with van der Waals surface area (Å²) in [4.78, 5) is 15.8. The van der Waals surface area contributed by atoms with Gasteiger partial charge < -0.3 is 10.5 Å². The second-order valence-electron chi connectivity index (χ2n) is 4.92. The van der Waals surface area contributed by atoms with Gasteiger partial charge in [0.25, 0.3) is 0 Å². The van der Waals surface area contributed by atoms with Crippen LogP contribution in [0.25, 0.3) is 0 Å². The average molecular weight is 380 g/mol. The number of hydrogen-bond donors (Lipinski definition) is 1. The number of halogens is 2. The van der Waals surface area contributed by atoms with Gasteiger partial charge in [-0.3, -0.25) is 4.79 Å². The van der Waals surface area contributed by atoms with Crippen LogP contribution in [-0.4, -0.2) is 22.6 Å². The lowest BCUT2D eigenvalue weighted by Gasteiger charge is -2.22. The van der Waals surface area contributed by atoms with Crippen LogP contribution in [0.2, 0.25) is 0 Å². The Hall–Kier alpha value is -0.460. The van der Waals surface area contributed by atoms with Gasteiger partial charge in [0, 0.05) is 6.20 Å². The van der Waals surface area contributed by atoms with Gasteiger partial charge in [0.05, 0.1) is 4.47 Å². The highest BCUT2D eigenvalue weighted by Crippen LogP contribution is 2.25. The molecule has 18 heavy (non-hydrogen) atoms. The Morgan fingerprint density at radius 3 is 2.67 bits per heavy atom. The van der Waals surface area contributed by atoms with Gasteiger partial charge in [-0.15, -0.1) is 0 Å². The van der Waals surface area contributed by atoms with Crippen molar-refractivity contribution in [3.63, 3.8) is 0 Å². The maximum absolute atomic E-state index is 11.8. The number of aromatic nitrogens is 1. The molecule has 1 heterocycles. The third-order valence-corrected chi connectivity index (χ3v) is 4.09. The Morgan fingerprint density at radius 2 is 2.11 bits per heavy atom. The van der Waals surface area contributed by atoms with Gasteiger partial charge in [-0.1, -0.05) is 0 Å². The van der Waals surface area contributed by atoms with Gasteiger partial charge in [0.15, 0.2) is 0 Å². The molecule has 100 valence electrons. The van der Waals surface area contributed by atoms with Crippen molar-refractivity contribution < 1.29 is 9.53 Å². The summed E-state index contributed by atoms with van der Waals surface area (Å²) in [5.41, 5.74) is 6.23. The van der Waals surface area contributed by atoms with Crippen LogP contribution >= 0.6 is 31.9 Å². The fourth-order valence-corrected chi connectivity index (χ4v) is 2.08. The molecule has 2 N–H and O–H groups in total. The first-order valence-corrected chi connectivity index (χ1v) is 7.06. The van der Waals surface area contributed by atoms with Crippen molar-refractivity contribution in [3.05, 3.63) is 26.9 Å². The van der Waals surface area contributed by atoms with Crippen LogP contribution in [0, 0.1) is 0 Å². The largest absolute Gasteiger partial charge is 0.459 e. The van der Waals surface area contributed by atoms with Gasteiger partial charge in [0.1, 0.15) is 16.2 Å². The van der Waals surface area contributed by atoms with Crippen LogP contribution in [0.4, 0.5) is 0 Å². The molecule has 0 radical (unpaired) electrons. The number of hydrogen-bond acceptors (Lipinski definition) is 4. The van der Waals surface area contributed by atoms with Crippen LogP contribution in [0.15, 0.2) is 21.3 Å². The number of nitrogens with zero attached hydrogens (tertiary/aromatic N) is 1. The highest BCUT2D eigenvalue weighted by Gasteiger charge is 2.23. The summed E-state index contributed by atoms with van der Waals surface area (Å²) in [7, 11) is 0. The van der Waals surface area contributed by atoms with E-state index in [-0.39, 0.29) is 0 Å². The molecule has 0 fully saturated rings. The van der Waals surface area contributed by atoms with Crippen molar-refractivity contribution in [1.29, 1.82) is 0 Å². The minimum absolute atomic E-state index is 0.399. The number of nitrogens with two attached hydrogens (primary N) is 1. The summed E-state index contributed by atoms with van der Waals surface area (Å²) in [5.74, 6) is -0.401. The van der Waals surface area contributed by atoms with Crippen molar-refractivity contribution in [1.82, 2.24) is 4.98 Å². The predicted octanol–water partition coefficient (Wildman–Crippen LogP) is 2.82. The van der Waals surface area contributed by atoms with E-state index in [0.717, 1.165) is 10.0 Å². The number of rotatable bonds is 3. The Balaban J connectivity index is 2.73. The zero-order chi connectivity index (χ0) is 13.9. The molecular formula is C12H16Br2N2O2. The van der Waals surface area contributed by atoms with E-state index in [1.54, 1.807) is 6.20 Å². The molecule has 0 aliphatic carbocycles. The van der Waals surface area contributed by atoms with Crippen molar-refractivity contribution in [3.8, 4) is 0 Å². The van der Waals surface area contributed by atoms with Gasteiger partial charge in [0.2, 0.25) is 0 Å². The van der Waals surface area contributed by atoms with E-state index in [1.807, 2.05) is 26.8 Å². The van der Waals surface area contributed by atoms with Crippen LogP contribution < -0.4 is 5.73 Å². The van der Waals surface area contributed by atoms with Crippen LogP contribution in [0.1, 0.15) is 26.3 Å². The van der Waals surface area contributed by atoms with E-state index >= 15 is 0 Å². The van der Waals surface area contributed by atoms with E-state index in [2.05, 4.69) is 36.8 Å². The van der Waals surface area contributed by atoms with E-state index in [0.29, 0.717) is 11.0 Å². The van der Waals surface area contributed by atoms with Crippen LogP contribution in [0.3, 0.4) is 0 Å². The topological polar surface area (TPSA) is 65.2 Å². The summed E-state index contributed by atoms with van der Waals surface area (Å²) < 4.78 is 6.74. The fraction of sp³-hybridized carbons (Fsp3) is 0.500. The van der Waals surface area contributed by atoms with Crippen molar-refractivity contribution in [2.24, 2.45) is 5.73 Å². The molecule has 6 heteroatoms. The van der Waals surface area contributed by atoms with E-state index in [4.69, 9.17) is 10.5 Å². The first kappa shape index (κ1) is 15.6.